The molecule has 0 bridgehead atoms. The Balaban J connectivity index is 1.78. The molecule has 0 saturated carbocycles. The van der Waals surface area contributed by atoms with Crippen LogP contribution in [0.1, 0.15) is 93.4 Å². The van der Waals surface area contributed by atoms with Crippen molar-refractivity contribution < 1.29 is 19.1 Å². The fraction of sp³-hybridized carbons (Fsp3) is 0.657. The SMILES string of the molecule is CCC[CH2][Sn]([CH2]CCC)([CH2]CCC)[c]1cnc2c(c1)[C@@]1(Cc3cc(C(=O)OCC)cnc3C1)C(=O)N2COCC[Si](C)(C)C. The summed E-state index contributed by atoms with van der Waals surface area (Å²) in [7, 11) is -1.26. The van der Waals surface area contributed by atoms with E-state index in [0.717, 1.165) is 28.7 Å². The topological polar surface area (TPSA) is 81.6 Å². The van der Waals surface area contributed by atoms with Gasteiger partial charge in [0.25, 0.3) is 0 Å². The van der Waals surface area contributed by atoms with E-state index in [4.69, 9.17) is 19.4 Å². The molecule has 1 aliphatic heterocycles. The molecule has 4 rings (SSSR count). The Kier molecular flexibility index (Phi) is 12.1. The fourth-order valence-electron chi connectivity index (χ4n) is 6.98. The van der Waals surface area contributed by atoms with Gasteiger partial charge in [0.15, 0.2) is 0 Å². The molecule has 3 heterocycles. The van der Waals surface area contributed by atoms with E-state index in [0.29, 0.717) is 31.6 Å². The quantitative estimate of drug-likeness (QED) is 0.0960. The van der Waals surface area contributed by atoms with Crippen molar-refractivity contribution >= 4 is 47.7 Å². The molecule has 2 aromatic heterocycles. The van der Waals surface area contributed by atoms with Crippen LogP contribution in [0.25, 0.3) is 0 Å². The van der Waals surface area contributed by atoms with Gasteiger partial charge in [0, 0.05) is 0 Å². The standard InChI is InChI=1S/C23H28N3O4Si.3C4H9.Sn/c1-5-30-21(27)17-11-16-12-23(13-19(16)25-14-17)18-7-6-8-24-20(18)26(22(23)28)15-29-9-10-31(2,3)4;3*1-3-4-2;/h7-8,11,14H,5,9-10,12-13,15H2,1-4H3;3*1,3-4H2,2H3;/t23-;;;;/m0..../s1. The van der Waals surface area contributed by atoms with Crippen LogP contribution in [0, 0.1) is 0 Å². The van der Waals surface area contributed by atoms with Crippen LogP contribution in [0.4, 0.5) is 5.82 Å². The molecule has 44 heavy (non-hydrogen) atoms. The average molecular weight is 729 g/mol. The number of ether oxygens (including phenoxy) is 2. The molecule has 0 fully saturated rings. The number of pyridine rings is 2. The van der Waals surface area contributed by atoms with Gasteiger partial charge in [-0.15, -0.1) is 0 Å². The molecule has 1 amide bonds. The normalized spacial score (nSPS) is 17.8. The molecular formula is C35H55N3O4SiSn. The van der Waals surface area contributed by atoms with Gasteiger partial charge in [-0.1, -0.05) is 0 Å². The Labute approximate surface area is 270 Å². The van der Waals surface area contributed by atoms with E-state index in [1.54, 1.807) is 18.0 Å². The van der Waals surface area contributed by atoms with Crippen molar-refractivity contribution in [3.63, 3.8) is 0 Å². The molecule has 2 aromatic rings. The molecule has 7 nitrogen and oxygen atoms in total. The monoisotopic (exact) mass is 729 g/mol. The predicted octanol–water partition coefficient (Wildman–Crippen LogP) is 7.40. The van der Waals surface area contributed by atoms with Gasteiger partial charge >= 0.3 is 272 Å². The number of hydrogen-bond donors (Lipinski definition) is 0. The first-order chi connectivity index (χ1) is 21.0. The number of aromatic nitrogens is 2. The van der Waals surface area contributed by atoms with Gasteiger partial charge in [0.1, 0.15) is 0 Å². The van der Waals surface area contributed by atoms with E-state index in [-0.39, 0.29) is 18.6 Å². The fourth-order valence-corrected chi connectivity index (χ4v) is 23.4. The van der Waals surface area contributed by atoms with Gasteiger partial charge in [0.2, 0.25) is 0 Å². The van der Waals surface area contributed by atoms with Crippen molar-refractivity contribution in [1.29, 1.82) is 0 Å². The average Bonchev–Trinajstić information content (AvgIpc) is 3.49. The third-order valence-electron chi connectivity index (χ3n) is 9.68. The predicted molar refractivity (Wildman–Crippen MR) is 185 cm³/mol. The summed E-state index contributed by atoms with van der Waals surface area (Å²) in [6, 6.07) is 5.37. The van der Waals surface area contributed by atoms with Crippen molar-refractivity contribution in [3.8, 4) is 0 Å². The van der Waals surface area contributed by atoms with E-state index in [1.165, 1.54) is 55.4 Å². The van der Waals surface area contributed by atoms with Crippen molar-refractivity contribution in [2.24, 2.45) is 0 Å². The van der Waals surface area contributed by atoms with Gasteiger partial charge in [-0.3, -0.25) is 0 Å². The number of hydrogen-bond acceptors (Lipinski definition) is 6. The first-order valence-electron chi connectivity index (χ1n) is 17.1. The molecule has 9 heteroatoms. The number of anilines is 1. The molecule has 0 N–H and O–H groups in total. The van der Waals surface area contributed by atoms with Crippen LogP contribution >= 0.6 is 0 Å². The number of rotatable bonds is 17. The number of amides is 1. The van der Waals surface area contributed by atoms with E-state index in [1.807, 2.05) is 6.07 Å². The molecule has 0 aromatic carbocycles. The Hall–Kier alpha value is -1.78. The molecule has 242 valence electrons. The van der Waals surface area contributed by atoms with Crippen molar-refractivity contribution in [1.82, 2.24) is 9.97 Å². The van der Waals surface area contributed by atoms with Crippen molar-refractivity contribution in [3.05, 3.63) is 46.9 Å². The summed E-state index contributed by atoms with van der Waals surface area (Å²) in [4.78, 5) is 38.8. The second-order valence-electron chi connectivity index (χ2n) is 14.3. The Bertz CT molecular complexity index is 1290. The van der Waals surface area contributed by atoms with E-state index in [2.05, 4.69) is 52.7 Å². The van der Waals surface area contributed by atoms with Gasteiger partial charge in [-0.25, -0.2) is 0 Å². The third kappa shape index (κ3) is 7.60. The maximum atomic E-state index is 14.6. The summed E-state index contributed by atoms with van der Waals surface area (Å²) in [5, 5.41) is 0. The number of carbonyl (C=O) groups is 2. The molecule has 0 radical (unpaired) electrons. The minimum absolute atomic E-state index is 0.0531. The van der Waals surface area contributed by atoms with Crippen LogP contribution < -0.4 is 8.48 Å². The van der Waals surface area contributed by atoms with Crippen LogP contribution in [-0.2, 0) is 32.5 Å². The van der Waals surface area contributed by atoms with E-state index in [9.17, 15) is 9.59 Å². The minimum atomic E-state index is -2.82. The van der Waals surface area contributed by atoms with Gasteiger partial charge in [0.05, 0.1) is 0 Å². The van der Waals surface area contributed by atoms with E-state index >= 15 is 0 Å². The molecule has 1 atom stereocenters. The number of fused-ring (bicyclic) bond motifs is 3. The zero-order valence-electron chi connectivity index (χ0n) is 28.4. The first-order valence-corrected chi connectivity index (χ1v) is 28.3. The summed E-state index contributed by atoms with van der Waals surface area (Å²) in [6.07, 6.45) is 12.3. The first kappa shape index (κ1) is 35.1. The number of esters is 1. The number of unbranched alkanes of at least 4 members (excludes halogenated alkanes) is 3. The number of carbonyl (C=O) groups excluding carboxylic acids is 2. The molecule has 0 saturated heterocycles. The van der Waals surface area contributed by atoms with Crippen molar-refractivity contribution in [2.75, 3.05) is 24.8 Å². The maximum absolute atomic E-state index is 14.6. The zero-order valence-corrected chi connectivity index (χ0v) is 32.2. The Morgan fingerprint density at radius 3 is 2.20 bits per heavy atom. The Morgan fingerprint density at radius 1 is 0.955 bits per heavy atom. The zero-order chi connectivity index (χ0) is 32.0. The van der Waals surface area contributed by atoms with Crippen LogP contribution in [0.3, 0.4) is 0 Å². The van der Waals surface area contributed by atoms with Crippen molar-refractivity contribution in [2.45, 2.75) is 123 Å². The second-order valence-corrected chi connectivity index (χ2v) is 33.1. The van der Waals surface area contributed by atoms with Crippen LogP contribution in [0.2, 0.25) is 39.0 Å². The summed E-state index contributed by atoms with van der Waals surface area (Å²) in [5.41, 5.74) is 2.58. The van der Waals surface area contributed by atoms with Gasteiger partial charge < -0.3 is 0 Å². The third-order valence-corrected chi connectivity index (χ3v) is 26.9. The molecule has 0 unspecified atom stereocenters. The molecule has 1 spiro atoms. The summed E-state index contributed by atoms with van der Waals surface area (Å²) >= 11 is -2.82. The van der Waals surface area contributed by atoms with E-state index < -0.39 is 31.9 Å². The van der Waals surface area contributed by atoms with Crippen LogP contribution in [-0.4, -0.2) is 68.2 Å². The summed E-state index contributed by atoms with van der Waals surface area (Å²) in [5.74, 6) is 0.439. The second kappa shape index (κ2) is 15.2. The number of nitrogens with zero attached hydrogens (tertiary/aromatic N) is 3. The van der Waals surface area contributed by atoms with Crippen LogP contribution in [0.5, 0.6) is 0 Å². The Morgan fingerprint density at radius 2 is 1.61 bits per heavy atom. The van der Waals surface area contributed by atoms with Crippen LogP contribution in [0.15, 0.2) is 24.5 Å². The van der Waals surface area contributed by atoms with Gasteiger partial charge in [-0.2, -0.15) is 0 Å². The van der Waals surface area contributed by atoms with Gasteiger partial charge in [-0.05, 0) is 0 Å². The summed E-state index contributed by atoms with van der Waals surface area (Å²) < 4.78 is 17.0. The molecule has 1 aliphatic carbocycles. The summed E-state index contributed by atoms with van der Waals surface area (Å²) in [6.45, 7) is 16.9. The molecule has 2 aliphatic rings. The molecular weight excluding hydrogens is 673 g/mol.